The number of alkyl halides is 5. The molecule has 6 rings (SSSR count). The average Bonchev–Trinajstić information content (AvgIpc) is 3.28. The third kappa shape index (κ3) is 4.10. The molecule has 2 aliphatic heterocycles. The van der Waals surface area contributed by atoms with Crippen LogP contribution >= 0.6 is 23.2 Å². The molecule has 2 heterocycles. The van der Waals surface area contributed by atoms with Gasteiger partial charge >= 0.3 is 6.36 Å². The zero-order valence-electron chi connectivity index (χ0n) is 23.0. The summed E-state index contributed by atoms with van der Waals surface area (Å²) in [7, 11) is 1.16. The number of hydrogen-bond acceptors (Lipinski definition) is 7. The van der Waals surface area contributed by atoms with Gasteiger partial charge in [0.05, 0.1) is 17.5 Å². The lowest BCUT2D eigenvalue weighted by Crippen LogP contribution is -2.60. The van der Waals surface area contributed by atoms with Crippen LogP contribution in [-0.2, 0) is 19.2 Å². The normalized spacial score (nSPS) is 31.5. The van der Waals surface area contributed by atoms with Crippen LogP contribution in [0.25, 0.3) is 0 Å². The van der Waals surface area contributed by atoms with Crippen molar-refractivity contribution in [2.24, 2.45) is 17.8 Å². The number of rotatable bonds is 4. The summed E-state index contributed by atoms with van der Waals surface area (Å²) < 4.78 is 43.4. The van der Waals surface area contributed by atoms with Crippen molar-refractivity contribution in [3.8, 4) is 11.5 Å². The van der Waals surface area contributed by atoms with Gasteiger partial charge in [-0.05, 0) is 68.1 Å². The monoisotopic (exact) mass is 650 g/mol. The fourth-order valence-electron chi connectivity index (χ4n) is 7.15. The van der Waals surface area contributed by atoms with E-state index in [-0.39, 0.29) is 35.4 Å². The van der Waals surface area contributed by atoms with Gasteiger partial charge < -0.3 is 9.84 Å². The number of benzene rings is 2. The lowest BCUT2D eigenvalue weighted by molar-refractivity contribution is -0.274. The van der Waals surface area contributed by atoms with Crippen molar-refractivity contribution in [3.05, 3.63) is 65.2 Å². The molecule has 3 fully saturated rings. The summed E-state index contributed by atoms with van der Waals surface area (Å²) in [5.41, 5.74) is 0.605. The minimum atomic E-state index is -5.09. The second kappa shape index (κ2) is 9.80. The van der Waals surface area contributed by atoms with Crippen LogP contribution in [0, 0.1) is 17.8 Å². The van der Waals surface area contributed by atoms with Gasteiger partial charge in [-0.2, -0.15) is 0 Å². The van der Waals surface area contributed by atoms with Crippen molar-refractivity contribution < 1.29 is 47.0 Å². The second-order valence-electron chi connectivity index (χ2n) is 11.4. The largest absolute Gasteiger partial charge is 0.573 e. The van der Waals surface area contributed by atoms with Crippen LogP contribution in [0.3, 0.4) is 0 Å². The van der Waals surface area contributed by atoms with Crippen LogP contribution in [0.15, 0.2) is 54.1 Å². The summed E-state index contributed by atoms with van der Waals surface area (Å²) in [5.74, 6) is -8.85. The molecule has 2 aromatic rings. The lowest BCUT2D eigenvalue weighted by Gasteiger charge is -2.50. The van der Waals surface area contributed by atoms with E-state index >= 15 is 0 Å². The van der Waals surface area contributed by atoms with Gasteiger partial charge in [0.2, 0.25) is 11.8 Å². The third-order valence-corrected chi connectivity index (χ3v) is 10.5. The van der Waals surface area contributed by atoms with E-state index in [4.69, 9.17) is 23.2 Å². The number of phenolic OH excluding ortho intramolecular Hbond substituents is 1. The number of carbonyl (C=O) groups excluding carboxylic acids is 5. The number of nitrogens with zero attached hydrogens (tertiary/aromatic N) is 2. The Kier molecular flexibility index (Phi) is 6.71. The number of phenols is 1. The Bertz CT molecular complexity index is 1690. The predicted molar refractivity (Wildman–Crippen MR) is 149 cm³/mol. The van der Waals surface area contributed by atoms with Crippen LogP contribution in [0.1, 0.15) is 41.6 Å². The Labute approximate surface area is 258 Å². The Morgan fingerprint density at radius 2 is 1.66 bits per heavy atom. The maximum absolute atomic E-state index is 14.0. The fraction of sp³-hybridized carbons (Fsp3) is 0.367. The zero-order chi connectivity index (χ0) is 32.1. The number of aromatic hydroxyl groups is 1. The number of carbonyl (C=O) groups is 5. The molecule has 44 heavy (non-hydrogen) atoms. The molecule has 2 aliphatic carbocycles. The molecule has 1 N–H and O–H groups in total. The summed E-state index contributed by atoms with van der Waals surface area (Å²) in [6.07, 6.45) is -3.85. The molecular formula is C30H23Cl2F3N2O7. The van der Waals surface area contributed by atoms with E-state index in [2.05, 4.69) is 4.74 Å². The molecule has 6 unspecified atom stereocenters. The molecule has 0 bridgehead atoms. The van der Waals surface area contributed by atoms with Gasteiger partial charge in [-0.3, -0.25) is 33.8 Å². The van der Waals surface area contributed by atoms with E-state index < -0.39 is 74.9 Å². The van der Waals surface area contributed by atoms with Crippen LogP contribution in [0.5, 0.6) is 11.5 Å². The Hall–Kier alpha value is -3.90. The minimum Gasteiger partial charge on any atom is -0.508 e. The van der Waals surface area contributed by atoms with Crippen molar-refractivity contribution in [2.45, 2.75) is 41.8 Å². The van der Waals surface area contributed by atoms with Crippen molar-refractivity contribution >= 4 is 58.3 Å². The first kappa shape index (κ1) is 30.1. The minimum absolute atomic E-state index is 0.000657. The number of fused-ring (bicyclic) bond motifs is 4. The SMILES string of the molecule is CC(=O)c1ccc(N2C(=O)C3CC=C4C(CC5(Cl)C(=O)N(C)C(=O)C5(Cl)C4c4cc(OC(F)(F)F)ccc4O)C3C2=O)cc1. The summed E-state index contributed by atoms with van der Waals surface area (Å²) in [6, 6.07) is 8.56. The van der Waals surface area contributed by atoms with Crippen LogP contribution in [0.2, 0.25) is 0 Å². The maximum atomic E-state index is 14.0. The Balaban J connectivity index is 1.49. The highest BCUT2D eigenvalue weighted by Gasteiger charge is 2.76. The Morgan fingerprint density at radius 1 is 1.00 bits per heavy atom. The number of anilines is 1. The van der Waals surface area contributed by atoms with Crippen molar-refractivity contribution in [3.63, 3.8) is 0 Å². The molecule has 14 heteroatoms. The maximum Gasteiger partial charge on any atom is 0.573 e. The van der Waals surface area contributed by atoms with E-state index in [9.17, 15) is 42.3 Å². The predicted octanol–water partition coefficient (Wildman–Crippen LogP) is 4.69. The van der Waals surface area contributed by atoms with Gasteiger partial charge in [0, 0.05) is 24.1 Å². The highest BCUT2D eigenvalue weighted by atomic mass is 35.5. The van der Waals surface area contributed by atoms with Gasteiger partial charge in [-0.15, -0.1) is 36.4 Å². The van der Waals surface area contributed by atoms with Crippen LogP contribution < -0.4 is 9.64 Å². The molecular weight excluding hydrogens is 628 g/mol. The molecule has 1 saturated carbocycles. The molecule has 4 aliphatic rings. The highest BCUT2D eigenvalue weighted by molar-refractivity contribution is 6.53. The van der Waals surface area contributed by atoms with Gasteiger partial charge in [-0.1, -0.05) is 11.6 Å². The number of Topliss-reactive ketones (excluding diaryl/α,β-unsaturated/α-hetero) is 1. The van der Waals surface area contributed by atoms with Crippen molar-refractivity contribution in [1.29, 1.82) is 0 Å². The number of amides is 4. The number of ether oxygens (including phenoxy) is 1. The zero-order valence-corrected chi connectivity index (χ0v) is 24.5. The van der Waals surface area contributed by atoms with E-state index in [1.807, 2.05) is 0 Å². The number of halogens is 5. The highest BCUT2D eigenvalue weighted by Crippen LogP contribution is 2.66. The van der Waals surface area contributed by atoms with E-state index in [0.717, 1.165) is 35.0 Å². The Morgan fingerprint density at radius 3 is 2.27 bits per heavy atom. The number of allylic oxidation sites excluding steroid dienone is 2. The third-order valence-electron chi connectivity index (χ3n) is 9.09. The summed E-state index contributed by atoms with van der Waals surface area (Å²) in [5, 5.41) is 10.9. The molecule has 230 valence electrons. The molecule has 4 amide bonds. The van der Waals surface area contributed by atoms with Gasteiger partial charge in [-0.25, -0.2) is 0 Å². The quantitative estimate of drug-likeness (QED) is 0.221. The first-order valence-electron chi connectivity index (χ1n) is 13.5. The summed E-state index contributed by atoms with van der Waals surface area (Å²) in [4.78, 5) is 63.7. The van der Waals surface area contributed by atoms with E-state index in [1.54, 1.807) is 6.08 Å². The first-order valence-corrected chi connectivity index (χ1v) is 14.2. The van der Waals surface area contributed by atoms with E-state index in [0.29, 0.717) is 5.56 Å². The molecule has 6 atom stereocenters. The number of ketones is 1. The second-order valence-corrected chi connectivity index (χ2v) is 12.6. The molecule has 2 aromatic carbocycles. The lowest BCUT2D eigenvalue weighted by atomic mass is 9.56. The van der Waals surface area contributed by atoms with Crippen molar-refractivity contribution in [1.82, 2.24) is 4.90 Å². The van der Waals surface area contributed by atoms with Gasteiger partial charge in [0.15, 0.2) is 15.5 Å². The molecule has 0 aromatic heterocycles. The van der Waals surface area contributed by atoms with Crippen LogP contribution in [0.4, 0.5) is 18.9 Å². The average molecular weight is 651 g/mol. The van der Waals surface area contributed by atoms with E-state index in [1.165, 1.54) is 31.2 Å². The standard InChI is InChI=1S/C30H23Cl2F3N2O7/c1-13(38)14-3-5-15(6-4-14)37-24(40)18-9-8-17-20(22(18)25(37)41)12-28(31)26(42)36(2)27(43)29(28,32)23(17)19-11-16(7-10-21(19)39)44-30(33,34)35/h3-8,10-11,18,20,22-23,39H,9,12H2,1-2H3. The first-order chi connectivity index (χ1) is 20.5. The topological polar surface area (TPSA) is 121 Å². The molecule has 0 radical (unpaired) electrons. The van der Waals surface area contributed by atoms with Gasteiger partial charge in [0.1, 0.15) is 11.5 Å². The van der Waals surface area contributed by atoms with Crippen molar-refractivity contribution in [2.75, 3.05) is 11.9 Å². The fourth-order valence-corrected chi connectivity index (χ4v) is 8.16. The number of imide groups is 2. The number of hydrogen-bond donors (Lipinski definition) is 1. The summed E-state index contributed by atoms with van der Waals surface area (Å²) in [6.45, 7) is 1.37. The molecule has 0 spiro atoms. The number of likely N-dealkylation sites (tertiary alicyclic amines) is 1. The van der Waals surface area contributed by atoms with Crippen LogP contribution in [-0.4, -0.2) is 62.6 Å². The molecule has 9 nitrogen and oxygen atoms in total. The van der Waals surface area contributed by atoms with Gasteiger partial charge in [0.25, 0.3) is 11.8 Å². The summed E-state index contributed by atoms with van der Waals surface area (Å²) >= 11 is 14.0. The smallest absolute Gasteiger partial charge is 0.508 e. The molecule has 2 saturated heterocycles.